The zero-order valence-electron chi connectivity index (χ0n) is 16.1. The van der Waals surface area contributed by atoms with Gasteiger partial charge in [0.05, 0.1) is 24.0 Å². The molecule has 3 aromatic rings. The van der Waals surface area contributed by atoms with Gasteiger partial charge in [0.2, 0.25) is 5.95 Å². The van der Waals surface area contributed by atoms with Gasteiger partial charge in [-0.15, -0.1) is 10.2 Å². The van der Waals surface area contributed by atoms with Crippen LogP contribution in [-0.4, -0.2) is 60.6 Å². The van der Waals surface area contributed by atoms with Crippen molar-refractivity contribution in [2.45, 2.75) is 32.7 Å². The highest BCUT2D eigenvalue weighted by atomic mass is 16.5. The van der Waals surface area contributed by atoms with E-state index in [-0.39, 0.29) is 0 Å². The van der Waals surface area contributed by atoms with Gasteiger partial charge in [0.25, 0.3) is 0 Å². The van der Waals surface area contributed by atoms with E-state index in [1.807, 2.05) is 37.6 Å². The van der Waals surface area contributed by atoms with Crippen LogP contribution in [0.1, 0.15) is 35.9 Å². The fraction of sp³-hybridized carbons (Fsp3) is 0.500. The average Bonchev–Trinajstić information content (AvgIpc) is 3.35. The molecule has 3 aromatic heterocycles. The van der Waals surface area contributed by atoms with E-state index in [4.69, 9.17) is 4.74 Å². The van der Waals surface area contributed by atoms with Crippen LogP contribution in [0, 0.1) is 13.8 Å². The Morgan fingerprint density at radius 1 is 1.22 bits per heavy atom. The third-order valence-corrected chi connectivity index (χ3v) is 4.89. The second-order valence-electron chi connectivity index (χ2n) is 6.86. The lowest BCUT2D eigenvalue weighted by molar-refractivity contribution is 0.180. The van der Waals surface area contributed by atoms with Crippen molar-refractivity contribution < 1.29 is 4.74 Å². The molecule has 0 spiro atoms. The molecule has 1 aliphatic heterocycles. The van der Waals surface area contributed by atoms with Crippen LogP contribution in [0.3, 0.4) is 0 Å². The Morgan fingerprint density at radius 3 is 2.85 bits per heavy atom. The number of rotatable bonds is 5. The van der Waals surface area contributed by atoms with E-state index >= 15 is 0 Å². The van der Waals surface area contributed by atoms with Gasteiger partial charge < -0.3 is 9.64 Å². The Morgan fingerprint density at radius 2 is 2.07 bits per heavy atom. The van der Waals surface area contributed by atoms with Crippen molar-refractivity contribution in [1.29, 1.82) is 0 Å². The molecule has 142 valence electrons. The third-order valence-electron chi connectivity index (χ3n) is 4.89. The molecule has 1 aliphatic rings. The summed E-state index contributed by atoms with van der Waals surface area (Å²) in [7, 11) is 3.63. The summed E-state index contributed by atoms with van der Waals surface area (Å²) in [4.78, 5) is 15.8. The second kappa shape index (κ2) is 7.07. The zero-order chi connectivity index (χ0) is 19.0. The average molecular weight is 368 g/mol. The molecule has 9 nitrogen and oxygen atoms in total. The van der Waals surface area contributed by atoms with Crippen molar-refractivity contribution in [2.24, 2.45) is 7.05 Å². The molecule has 0 aromatic carbocycles. The van der Waals surface area contributed by atoms with E-state index in [1.54, 1.807) is 18.0 Å². The molecule has 0 radical (unpaired) electrons. The highest BCUT2D eigenvalue weighted by molar-refractivity contribution is 5.65. The van der Waals surface area contributed by atoms with Gasteiger partial charge in [0, 0.05) is 26.9 Å². The maximum absolute atomic E-state index is 5.33. The minimum atomic E-state index is 0.341. The van der Waals surface area contributed by atoms with Crippen LogP contribution in [0.5, 0.6) is 0 Å². The Hall–Kier alpha value is -2.81. The predicted molar refractivity (Wildman–Crippen MR) is 102 cm³/mol. The molecular formula is C18H24N8O. The van der Waals surface area contributed by atoms with Crippen LogP contribution >= 0.6 is 0 Å². The molecule has 0 unspecified atom stereocenters. The number of fused-ring (bicyclic) bond motifs is 1. The number of methoxy groups -OCH3 is 1. The number of anilines is 1. The minimum Gasteiger partial charge on any atom is -0.383 e. The lowest BCUT2D eigenvalue weighted by atomic mass is 10.2. The maximum Gasteiger partial charge on any atom is 0.245 e. The SMILES string of the molecule is COC[C@H]1CCCN1c1nc(C=Cc2nc3c(C)ncc(C)n3n2)n(C)n1. The molecule has 4 rings (SSSR count). The van der Waals surface area contributed by atoms with E-state index in [0.29, 0.717) is 18.5 Å². The van der Waals surface area contributed by atoms with E-state index in [1.165, 1.54) is 0 Å². The standard InChI is InChI=1S/C18H24N8O/c1-12-10-19-13(2)17-20-15(22-26(12)17)7-8-16-21-18(23-24(16)3)25-9-5-6-14(25)11-27-4/h7-8,10,14H,5-6,9,11H2,1-4H3/t14-/m1/s1. The number of hydrogen-bond acceptors (Lipinski definition) is 7. The van der Waals surface area contributed by atoms with Gasteiger partial charge in [0.15, 0.2) is 17.3 Å². The minimum absolute atomic E-state index is 0.341. The number of hydrogen-bond donors (Lipinski definition) is 0. The highest BCUT2D eigenvalue weighted by Gasteiger charge is 2.27. The normalized spacial score (nSPS) is 17.6. The van der Waals surface area contributed by atoms with Crippen LogP contribution in [0.15, 0.2) is 6.20 Å². The highest BCUT2D eigenvalue weighted by Crippen LogP contribution is 2.23. The molecular weight excluding hydrogens is 344 g/mol. The second-order valence-corrected chi connectivity index (χ2v) is 6.86. The summed E-state index contributed by atoms with van der Waals surface area (Å²) in [5.41, 5.74) is 2.57. The lowest BCUT2D eigenvalue weighted by Crippen LogP contribution is -2.33. The number of aromatic nitrogens is 7. The van der Waals surface area contributed by atoms with Crippen molar-refractivity contribution in [3.05, 3.63) is 29.2 Å². The summed E-state index contributed by atoms with van der Waals surface area (Å²) in [5.74, 6) is 2.13. The molecule has 0 saturated carbocycles. The summed E-state index contributed by atoms with van der Waals surface area (Å²) < 4.78 is 8.91. The van der Waals surface area contributed by atoms with Crippen LogP contribution in [0.2, 0.25) is 0 Å². The van der Waals surface area contributed by atoms with Crippen molar-refractivity contribution in [3.8, 4) is 0 Å². The number of aryl methyl sites for hydroxylation is 3. The first kappa shape index (κ1) is 17.6. The summed E-state index contributed by atoms with van der Waals surface area (Å²) in [6.45, 7) is 5.55. The first-order valence-electron chi connectivity index (χ1n) is 9.10. The van der Waals surface area contributed by atoms with Gasteiger partial charge >= 0.3 is 0 Å². The Bertz CT molecular complexity index is 950. The fourth-order valence-electron chi connectivity index (χ4n) is 3.44. The van der Waals surface area contributed by atoms with Crippen LogP contribution in [0.25, 0.3) is 17.8 Å². The monoisotopic (exact) mass is 368 g/mol. The Balaban J connectivity index is 1.59. The number of ether oxygens (including phenoxy) is 1. The molecule has 1 fully saturated rings. The van der Waals surface area contributed by atoms with E-state index in [0.717, 1.165) is 48.2 Å². The lowest BCUT2D eigenvalue weighted by Gasteiger charge is -2.22. The molecule has 0 aliphatic carbocycles. The van der Waals surface area contributed by atoms with Gasteiger partial charge in [0.1, 0.15) is 0 Å². The quantitative estimate of drug-likeness (QED) is 0.677. The van der Waals surface area contributed by atoms with Gasteiger partial charge in [-0.3, -0.25) is 4.98 Å². The topological polar surface area (TPSA) is 86.3 Å². The van der Waals surface area contributed by atoms with Crippen molar-refractivity contribution >= 4 is 23.7 Å². The zero-order valence-corrected chi connectivity index (χ0v) is 16.1. The molecule has 27 heavy (non-hydrogen) atoms. The largest absolute Gasteiger partial charge is 0.383 e. The third kappa shape index (κ3) is 3.30. The smallest absolute Gasteiger partial charge is 0.245 e. The summed E-state index contributed by atoms with van der Waals surface area (Å²) in [6, 6.07) is 0.341. The van der Waals surface area contributed by atoms with Crippen molar-refractivity contribution in [3.63, 3.8) is 0 Å². The van der Waals surface area contributed by atoms with Crippen LogP contribution in [-0.2, 0) is 11.8 Å². The summed E-state index contributed by atoms with van der Waals surface area (Å²) in [6.07, 6.45) is 7.79. The molecule has 0 N–H and O–H groups in total. The fourth-order valence-corrected chi connectivity index (χ4v) is 3.44. The Kier molecular flexibility index (Phi) is 4.61. The maximum atomic E-state index is 5.33. The van der Waals surface area contributed by atoms with Gasteiger partial charge in [-0.05, 0) is 38.8 Å². The van der Waals surface area contributed by atoms with E-state index in [9.17, 15) is 0 Å². The van der Waals surface area contributed by atoms with Crippen molar-refractivity contribution in [1.82, 2.24) is 34.3 Å². The van der Waals surface area contributed by atoms with Gasteiger partial charge in [-0.25, -0.2) is 14.2 Å². The summed E-state index contributed by atoms with van der Waals surface area (Å²) >= 11 is 0. The number of nitrogens with zero attached hydrogens (tertiary/aromatic N) is 8. The van der Waals surface area contributed by atoms with E-state index in [2.05, 4.69) is 30.0 Å². The van der Waals surface area contributed by atoms with Crippen molar-refractivity contribution in [2.75, 3.05) is 25.2 Å². The molecule has 4 heterocycles. The molecule has 1 saturated heterocycles. The van der Waals surface area contributed by atoms with Gasteiger partial charge in [-0.1, -0.05) is 0 Å². The van der Waals surface area contributed by atoms with Crippen LogP contribution < -0.4 is 4.90 Å². The molecule has 0 amide bonds. The molecule has 0 bridgehead atoms. The van der Waals surface area contributed by atoms with E-state index < -0.39 is 0 Å². The van der Waals surface area contributed by atoms with Crippen LogP contribution in [0.4, 0.5) is 5.95 Å². The van der Waals surface area contributed by atoms with Gasteiger partial charge in [-0.2, -0.15) is 4.98 Å². The molecule has 1 atom stereocenters. The molecule has 9 heteroatoms. The summed E-state index contributed by atoms with van der Waals surface area (Å²) in [5, 5.41) is 9.11. The first-order valence-corrected chi connectivity index (χ1v) is 9.10. The Labute approximate surface area is 157 Å². The first-order chi connectivity index (χ1) is 13.1. The predicted octanol–water partition coefficient (Wildman–Crippen LogP) is 1.66.